The Kier molecular flexibility index (Phi) is 2.52. The minimum atomic E-state index is 0.519. The highest BCUT2D eigenvalue weighted by Crippen LogP contribution is 2.32. The number of hydrogen-bond acceptors (Lipinski definition) is 4. The largest absolute Gasteiger partial charge is 0.493 e. The minimum Gasteiger partial charge on any atom is -0.493 e. The summed E-state index contributed by atoms with van der Waals surface area (Å²) in [5, 5.41) is 0. The predicted molar refractivity (Wildman–Crippen MR) is 71.6 cm³/mol. The molecule has 0 amide bonds. The van der Waals surface area contributed by atoms with Gasteiger partial charge in [-0.2, -0.15) is 0 Å². The number of pyridine rings is 1. The van der Waals surface area contributed by atoms with Crippen LogP contribution in [0.1, 0.15) is 0 Å². The van der Waals surface area contributed by atoms with E-state index < -0.39 is 0 Å². The van der Waals surface area contributed by atoms with Crippen LogP contribution < -0.4 is 10.5 Å². The van der Waals surface area contributed by atoms with Gasteiger partial charge in [-0.15, -0.1) is 0 Å². The van der Waals surface area contributed by atoms with Gasteiger partial charge in [0, 0.05) is 6.20 Å². The van der Waals surface area contributed by atoms with E-state index in [1.54, 1.807) is 17.6 Å². The Balaban J connectivity index is 2.28. The zero-order chi connectivity index (χ0) is 12.7. The first-order valence-electron chi connectivity index (χ1n) is 5.27. The average molecular weight is 308 g/mol. The van der Waals surface area contributed by atoms with Crippen molar-refractivity contribution in [3.05, 3.63) is 35.1 Å². The molecule has 6 heteroatoms. The molecule has 0 aromatic carbocycles. The number of aromatic nitrogens is 2. The molecular formula is C12H10BrN3O2. The van der Waals surface area contributed by atoms with Crippen molar-refractivity contribution in [1.29, 1.82) is 0 Å². The maximum Gasteiger partial charge on any atom is 0.182 e. The molecule has 2 N–H and O–H groups in total. The maximum atomic E-state index is 6.07. The Bertz CT molecular complexity index is 717. The van der Waals surface area contributed by atoms with Crippen molar-refractivity contribution in [3.8, 4) is 17.2 Å². The zero-order valence-electron chi connectivity index (χ0n) is 9.55. The number of nitrogen functional groups attached to an aromatic ring is 1. The van der Waals surface area contributed by atoms with Crippen LogP contribution in [0.2, 0.25) is 0 Å². The van der Waals surface area contributed by atoms with Crippen LogP contribution in [0.4, 0.5) is 5.82 Å². The van der Waals surface area contributed by atoms with E-state index in [2.05, 4.69) is 20.9 Å². The molecule has 3 aromatic heterocycles. The van der Waals surface area contributed by atoms with Gasteiger partial charge in [-0.3, -0.25) is 4.40 Å². The molecule has 0 aliphatic rings. The van der Waals surface area contributed by atoms with Gasteiger partial charge in [0.25, 0.3) is 0 Å². The lowest BCUT2D eigenvalue weighted by Crippen LogP contribution is -1.94. The van der Waals surface area contributed by atoms with Crippen molar-refractivity contribution in [2.24, 2.45) is 0 Å². The standard InChI is InChI=1S/C12H10BrN3O2/c1-17-8-3-2-6-16-11(14)10(15-12(8)16)7-4-5-9(13)18-7/h2-6H,14H2,1H3. The number of halogens is 1. The minimum absolute atomic E-state index is 0.519. The molecule has 0 unspecified atom stereocenters. The number of furan rings is 1. The van der Waals surface area contributed by atoms with Gasteiger partial charge in [-0.05, 0) is 40.2 Å². The van der Waals surface area contributed by atoms with Gasteiger partial charge >= 0.3 is 0 Å². The maximum absolute atomic E-state index is 6.07. The molecule has 18 heavy (non-hydrogen) atoms. The summed E-state index contributed by atoms with van der Waals surface area (Å²) >= 11 is 3.26. The summed E-state index contributed by atoms with van der Waals surface area (Å²) < 4.78 is 13.1. The van der Waals surface area contributed by atoms with Crippen LogP contribution in [0.25, 0.3) is 17.1 Å². The van der Waals surface area contributed by atoms with Crippen molar-refractivity contribution in [1.82, 2.24) is 9.38 Å². The predicted octanol–water partition coefficient (Wildman–Crippen LogP) is 2.95. The molecule has 0 saturated heterocycles. The fraction of sp³-hybridized carbons (Fsp3) is 0.0833. The first-order chi connectivity index (χ1) is 8.70. The Labute approximate surface area is 111 Å². The smallest absolute Gasteiger partial charge is 0.182 e. The van der Waals surface area contributed by atoms with Crippen molar-refractivity contribution in [2.45, 2.75) is 0 Å². The Morgan fingerprint density at radius 2 is 2.22 bits per heavy atom. The summed E-state index contributed by atoms with van der Waals surface area (Å²) in [5.41, 5.74) is 7.34. The van der Waals surface area contributed by atoms with Gasteiger partial charge in [0.05, 0.1) is 7.11 Å². The van der Waals surface area contributed by atoms with E-state index >= 15 is 0 Å². The molecule has 92 valence electrons. The van der Waals surface area contributed by atoms with Crippen molar-refractivity contribution >= 4 is 27.4 Å². The van der Waals surface area contributed by atoms with Gasteiger partial charge in [-0.25, -0.2) is 4.98 Å². The van der Waals surface area contributed by atoms with Crippen LogP contribution in [0.15, 0.2) is 39.5 Å². The fourth-order valence-corrected chi connectivity index (χ4v) is 2.15. The van der Waals surface area contributed by atoms with Gasteiger partial charge in [-0.1, -0.05) is 0 Å². The number of anilines is 1. The molecule has 0 spiro atoms. The molecule has 0 aliphatic carbocycles. The monoisotopic (exact) mass is 307 g/mol. The molecule has 5 nitrogen and oxygen atoms in total. The molecule has 3 aromatic rings. The van der Waals surface area contributed by atoms with Crippen LogP contribution in [0.3, 0.4) is 0 Å². The molecule has 0 atom stereocenters. The number of nitrogens with zero attached hydrogens (tertiary/aromatic N) is 2. The highest BCUT2D eigenvalue weighted by molar-refractivity contribution is 9.10. The van der Waals surface area contributed by atoms with Crippen molar-refractivity contribution in [3.63, 3.8) is 0 Å². The summed E-state index contributed by atoms with van der Waals surface area (Å²) in [7, 11) is 1.60. The van der Waals surface area contributed by atoms with E-state index in [4.69, 9.17) is 14.9 Å². The third-order valence-electron chi connectivity index (χ3n) is 2.68. The van der Waals surface area contributed by atoms with E-state index in [-0.39, 0.29) is 0 Å². The molecular weight excluding hydrogens is 298 g/mol. The lowest BCUT2D eigenvalue weighted by molar-refractivity contribution is 0.417. The summed E-state index contributed by atoms with van der Waals surface area (Å²) in [5.74, 6) is 1.80. The second-order valence-electron chi connectivity index (χ2n) is 3.72. The molecule has 3 rings (SSSR count). The fourth-order valence-electron chi connectivity index (χ4n) is 1.84. The first-order valence-corrected chi connectivity index (χ1v) is 6.06. The SMILES string of the molecule is COc1cccn2c(N)c(-c3ccc(Br)o3)nc12. The second-order valence-corrected chi connectivity index (χ2v) is 4.50. The number of imidazole rings is 1. The van der Waals surface area contributed by atoms with E-state index in [9.17, 15) is 0 Å². The normalized spacial score (nSPS) is 11.0. The highest BCUT2D eigenvalue weighted by Gasteiger charge is 2.16. The van der Waals surface area contributed by atoms with E-state index in [0.717, 1.165) is 0 Å². The summed E-state index contributed by atoms with van der Waals surface area (Å²) in [4.78, 5) is 4.46. The van der Waals surface area contributed by atoms with E-state index in [0.29, 0.717) is 33.3 Å². The zero-order valence-corrected chi connectivity index (χ0v) is 11.1. The molecule has 0 saturated carbocycles. The lowest BCUT2D eigenvalue weighted by Gasteiger charge is -2.01. The Morgan fingerprint density at radius 1 is 1.39 bits per heavy atom. The average Bonchev–Trinajstić information content (AvgIpc) is 2.94. The topological polar surface area (TPSA) is 65.7 Å². The quantitative estimate of drug-likeness (QED) is 0.790. The third-order valence-corrected chi connectivity index (χ3v) is 3.10. The Hall–Kier alpha value is -1.95. The Morgan fingerprint density at radius 3 is 2.89 bits per heavy atom. The van der Waals surface area contributed by atoms with Crippen LogP contribution in [0.5, 0.6) is 5.75 Å². The second kappa shape index (κ2) is 4.06. The molecule has 0 radical (unpaired) electrons. The van der Waals surface area contributed by atoms with Crippen molar-refractivity contribution in [2.75, 3.05) is 12.8 Å². The van der Waals surface area contributed by atoms with E-state index in [1.165, 1.54) is 0 Å². The lowest BCUT2D eigenvalue weighted by atomic mass is 10.3. The summed E-state index contributed by atoms with van der Waals surface area (Å²) in [6.07, 6.45) is 1.83. The van der Waals surface area contributed by atoms with Gasteiger partial charge in [0.2, 0.25) is 0 Å². The summed E-state index contributed by atoms with van der Waals surface area (Å²) in [6.45, 7) is 0. The molecule has 0 bridgehead atoms. The van der Waals surface area contributed by atoms with Gasteiger partial charge < -0.3 is 14.9 Å². The number of hydrogen-bond donors (Lipinski definition) is 1. The van der Waals surface area contributed by atoms with Crippen LogP contribution in [-0.2, 0) is 0 Å². The van der Waals surface area contributed by atoms with E-state index in [1.807, 2.05) is 24.4 Å². The van der Waals surface area contributed by atoms with Crippen LogP contribution >= 0.6 is 15.9 Å². The van der Waals surface area contributed by atoms with Crippen LogP contribution in [-0.4, -0.2) is 16.5 Å². The molecule has 0 aliphatic heterocycles. The van der Waals surface area contributed by atoms with Gasteiger partial charge in [0.1, 0.15) is 11.5 Å². The number of nitrogens with two attached hydrogens (primary N) is 1. The van der Waals surface area contributed by atoms with Gasteiger partial charge in [0.15, 0.2) is 21.8 Å². The molecule has 3 heterocycles. The van der Waals surface area contributed by atoms with Crippen LogP contribution in [0, 0.1) is 0 Å². The number of methoxy groups -OCH3 is 1. The number of rotatable bonds is 2. The highest BCUT2D eigenvalue weighted by atomic mass is 79.9. The number of fused-ring (bicyclic) bond motifs is 1. The van der Waals surface area contributed by atoms with Crippen molar-refractivity contribution < 1.29 is 9.15 Å². The third kappa shape index (κ3) is 1.57. The summed E-state index contributed by atoms with van der Waals surface area (Å²) in [6, 6.07) is 7.31. The number of ether oxygens (including phenoxy) is 1. The molecule has 0 fully saturated rings. The first kappa shape index (κ1) is 11.2.